The van der Waals surface area contributed by atoms with E-state index in [1.807, 2.05) is 19.1 Å². The third kappa shape index (κ3) is 8.84. The lowest BCUT2D eigenvalue weighted by Crippen LogP contribution is -2.51. The van der Waals surface area contributed by atoms with Gasteiger partial charge in [0.2, 0.25) is 30.1 Å². The highest BCUT2D eigenvalue weighted by molar-refractivity contribution is 7.90. The van der Waals surface area contributed by atoms with Crippen LogP contribution < -0.4 is 4.72 Å². The number of aryl methyl sites for hydroxylation is 1. The van der Waals surface area contributed by atoms with Crippen molar-refractivity contribution in [2.45, 2.75) is 40.7 Å². The van der Waals surface area contributed by atoms with E-state index >= 15 is 0 Å². The van der Waals surface area contributed by atoms with E-state index < -0.39 is 36.1 Å². The molecular weight excluding hydrogens is 667 g/mol. The summed E-state index contributed by atoms with van der Waals surface area (Å²) in [5, 5.41) is 0. The molecule has 9 nitrogen and oxygen atoms in total. The lowest BCUT2D eigenvalue weighted by molar-refractivity contribution is 0.311. The van der Waals surface area contributed by atoms with Crippen LogP contribution in [0.2, 0.25) is 0 Å². The molecule has 5 aromatic carbocycles. The minimum Gasteiger partial charge on any atom is -0.207 e. The number of hydrogen-bond acceptors (Lipinski definition) is 6. The number of rotatable bonds is 15. The molecule has 250 valence electrons. The van der Waals surface area contributed by atoms with E-state index in [0.29, 0.717) is 11.1 Å². The maximum atomic E-state index is 14.2. The Morgan fingerprint density at radius 3 is 1.21 bits per heavy atom. The minimum absolute atomic E-state index is 0.0270. The summed E-state index contributed by atoms with van der Waals surface area (Å²) in [7, 11) is -12.6. The third-order valence-electron chi connectivity index (χ3n) is 7.67. The van der Waals surface area contributed by atoms with Gasteiger partial charge in [0.25, 0.3) is 0 Å². The lowest BCUT2D eigenvalue weighted by atomic mass is 10.2. The van der Waals surface area contributed by atoms with E-state index in [0.717, 1.165) is 5.56 Å². The average Bonchev–Trinajstić information content (AvgIpc) is 3.09. The zero-order valence-electron chi connectivity index (χ0n) is 26.3. The molecule has 0 aromatic heterocycles. The fourth-order valence-corrected chi connectivity index (χ4v) is 9.39. The highest BCUT2D eigenvalue weighted by atomic mass is 32.2. The van der Waals surface area contributed by atoms with Crippen LogP contribution in [-0.4, -0.2) is 53.0 Å². The van der Waals surface area contributed by atoms with Crippen LogP contribution >= 0.6 is 0 Å². The molecule has 0 aliphatic rings. The molecule has 12 heteroatoms. The average molecular weight is 704 g/mol. The summed E-state index contributed by atoms with van der Waals surface area (Å²) in [5.41, 5.74) is 2.21. The summed E-state index contributed by atoms with van der Waals surface area (Å²) in [6.45, 7) is 0.938. The highest BCUT2D eigenvalue weighted by Gasteiger charge is 2.34. The van der Waals surface area contributed by atoms with Gasteiger partial charge in [-0.1, -0.05) is 115 Å². The molecule has 48 heavy (non-hydrogen) atoms. The molecule has 0 saturated carbocycles. The molecule has 0 atom stereocenters. The Morgan fingerprint density at radius 2 is 0.833 bits per heavy atom. The molecule has 0 unspecified atom stereocenters. The van der Waals surface area contributed by atoms with E-state index in [2.05, 4.69) is 4.72 Å². The molecule has 5 aromatic rings. The Balaban J connectivity index is 1.60. The molecule has 0 saturated heterocycles. The van der Waals surface area contributed by atoms with Crippen molar-refractivity contribution < 1.29 is 25.3 Å². The smallest absolute Gasteiger partial charge is 0.207 e. The van der Waals surface area contributed by atoms with Gasteiger partial charge in [-0.25, -0.2) is 30.0 Å². The SMILES string of the molecule is Cc1ccc(S(=O)(=O)NC(CN(Cc2ccccc2)S(=O)(=O)c2ccccc2)CN(Cc2ccccc2)S(=O)(=O)c2ccccc2)cc1. The van der Waals surface area contributed by atoms with Crippen molar-refractivity contribution in [3.63, 3.8) is 0 Å². The van der Waals surface area contributed by atoms with E-state index in [1.54, 1.807) is 97.1 Å². The Morgan fingerprint density at radius 1 is 0.479 bits per heavy atom. The molecule has 0 aliphatic heterocycles. The summed E-state index contributed by atoms with van der Waals surface area (Å²) in [4.78, 5) is 0.0254. The van der Waals surface area contributed by atoms with Gasteiger partial charge in [-0.3, -0.25) is 0 Å². The number of nitrogens with zero attached hydrogens (tertiary/aromatic N) is 2. The molecule has 0 heterocycles. The first-order valence-electron chi connectivity index (χ1n) is 15.2. The topological polar surface area (TPSA) is 121 Å². The first-order valence-corrected chi connectivity index (χ1v) is 19.6. The van der Waals surface area contributed by atoms with Gasteiger partial charge in [0.1, 0.15) is 0 Å². The van der Waals surface area contributed by atoms with Crippen LogP contribution in [0.3, 0.4) is 0 Å². The van der Waals surface area contributed by atoms with Crippen LogP contribution in [0.5, 0.6) is 0 Å². The Hall–Kier alpha value is -4.17. The molecule has 5 rings (SSSR count). The number of hydrogen-bond donors (Lipinski definition) is 1. The van der Waals surface area contributed by atoms with Crippen LogP contribution in [0.1, 0.15) is 16.7 Å². The standard InChI is InChI=1S/C36H37N3O6S3/c1-30-22-24-34(25-23-30)46(40,41)37-33(28-38(26-31-14-6-2-7-15-31)47(42,43)35-18-10-4-11-19-35)29-39(27-32-16-8-3-9-17-32)48(44,45)36-20-12-5-13-21-36/h2-25,33,37H,26-29H2,1H3. The summed E-state index contributed by atoms with van der Waals surface area (Å²) in [6.07, 6.45) is 0. The van der Waals surface area contributed by atoms with Gasteiger partial charge < -0.3 is 0 Å². The van der Waals surface area contributed by atoms with Gasteiger partial charge in [0, 0.05) is 32.2 Å². The van der Waals surface area contributed by atoms with E-state index in [1.165, 1.54) is 45.0 Å². The molecule has 0 bridgehead atoms. The largest absolute Gasteiger partial charge is 0.243 e. The summed E-state index contributed by atoms with van der Waals surface area (Å²) in [6, 6.07) is 38.6. The molecule has 0 radical (unpaired) electrons. The van der Waals surface area contributed by atoms with E-state index in [-0.39, 0.29) is 40.9 Å². The molecule has 0 fully saturated rings. The van der Waals surface area contributed by atoms with Crippen molar-refractivity contribution >= 4 is 30.1 Å². The third-order valence-corrected chi connectivity index (χ3v) is 12.9. The Labute approximate surface area is 283 Å². The number of nitrogens with one attached hydrogen (secondary N) is 1. The van der Waals surface area contributed by atoms with Crippen molar-refractivity contribution in [1.29, 1.82) is 0 Å². The van der Waals surface area contributed by atoms with Crippen molar-refractivity contribution in [3.05, 3.63) is 162 Å². The summed E-state index contributed by atoms with van der Waals surface area (Å²) < 4.78 is 89.3. The zero-order valence-corrected chi connectivity index (χ0v) is 28.8. The zero-order chi connectivity index (χ0) is 34.2. The molecule has 0 amide bonds. The lowest BCUT2D eigenvalue weighted by Gasteiger charge is -2.31. The minimum atomic E-state index is -4.23. The molecule has 1 N–H and O–H groups in total. The Kier molecular flexibility index (Phi) is 11.3. The van der Waals surface area contributed by atoms with Crippen LogP contribution in [0.15, 0.2) is 160 Å². The van der Waals surface area contributed by atoms with E-state index in [4.69, 9.17) is 0 Å². The predicted octanol–water partition coefficient (Wildman–Crippen LogP) is 5.42. The second-order valence-corrected chi connectivity index (χ2v) is 16.9. The quantitative estimate of drug-likeness (QED) is 0.155. The van der Waals surface area contributed by atoms with Crippen molar-refractivity contribution in [1.82, 2.24) is 13.3 Å². The monoisotopic (exact) mass is 703 g/mol. The van der Waals surface area contributed by atoms with Gasteiger partial charge >= 0.3 is 0 Å². The van der Waals surface area contributed by atoms with Gasteiger partial charge in [0.15, 0.2) is 0 Å². The van der Waals surface area contributed by atoms with Crippen molar-refractivity contribution in [2.75, 3.05) is 13.1 Å². The summed E-state index contributed by atoms with van der Waals surface area (Å²) in [5.74, 6) is 0. The fourth-order valence-electron chi connectivity index (χ4n) is 5.18. The second kappa shape index (κ2) is 15.4. The molecule has 0 aliphatic carbocycles. The first-order chi connectivity index (χ1) is 22.9. The predicted molar refractivity (Wildman–Crippen MR) is 186 cm³/mol. The first kappa shape index (κ1) is 35.1. The normalized spacial score (nSPS) is 12.5. The molecule has 0 spiro atoms. The second-order valence-electron chi connectivity index (χ2n) is 11.3. The Bertz CT molecular complexity index is 1980. The van der Waals surface area contributed by atoms with Crippen LogP contribution in [0.25, 0.3) is 0 Å². The van der Waals surface area contributed by atoms with E-state index in [9.17, 15) is 25.3 Å². The molecular formula is C36H37N3O6S3. The van der Waals surface area contributed by atoms with Crippen molar-refractivity contribution in [3.8, 4) is 0 Å². The van der Waals surface area contributed by atoms with Crippen LogP contribution in [0.4, 0.5) is 0 Å². The van der Waals surface area contributed by atoms with Crippen LogP contribution in [-0.2, 0) is 43.2 Å². The fraction of sp³-hybridized carbons (Fsp3) is 0.167. The van der Waals surface area contributed by atoms with Gasteiger partial charge in [-0.15, -0.1) is 0 Å². The number of sulfonamides is 3. The maximum Gasteiger partial charge on any atom is 0.243 e. The number of benzene rings is 5. The summed E-state index contributed by atoms with van der Waals surface area (Å²) >= 11 is 0. The van der Waals surface area contributed by atoms with Gasteiger partial charge in [0.05, 0.1) is 14.7 Å². The van der Waals surface area contributed by atoms with Crippen LogP contribution in [0, 0.1) is 6.92 Å². The van der Waals surface area contributed by atoms with Gasteiger partial charge in [-0.2, -0.15) is 8.61 Å². The highest BCUT2D eigenvalue weighted by Crippen LogP contribution is 2.23. The van der Waals surface area contributed by atoms with Crippen molar-refractivity contribution in [2.24, 2.45) is 0 Å². The maximum absolute atomic E-state index is 14.2. The van der Waals surface area contributed by atoms with Gasteiger partial charge in [-0.05, 0) is 54.4 Å².